The number of rotatable bonds is 5. The van der Waals surface area contributed by atoms with Crippen molar-refractivity contribution in [2.75, 3.05) is 0 Å². The Morgan fingerprint density at radius 1 is 1.06 bits per heavy atom. The number of imidazole rings is 1. The van der Waals surface area contributed by atoms with Gasteiger partial charge in [0, 0.05) is 23.5 Å². The number of hydrogen-bond acceptors (Lipinski definition) is 4. The summed E-state index contributed by atoms with van der Waals surface area (Å²) in [4.78, 5) is 29.3. The normalized spacial score (nSPS) is 21.6. The highest BCUT2D eigenvalue weighted by Gasteiger charge is 2.29. The third kappa shape index (κ3) is 4.04. The van der Waals surface area contributed by atoms with Gasteiger partial charge in [0.2, 0.25) is 0 Å². The second-order valence-corrected chi connectivity index (χ2v) is 9.92. The highest BCUT2D eigenvalue weighted by molar-refractivity contribution is 5.95. The molecular formula is C27H28FN5O. The van der Waals surface area contributed by atoms with Crippen LogP contribution in [0.5, 0.6) is 0 Å². The smallest absolute Gasteiger partial charge is 0.270 e. The Hall–Kier alpha value is -3.35. The Morgan fingerprint density at radius 2 is 1.88 bits per heavy atom. The summed E-state index contributed by atoms with van der Waals surface area (Å²) in [5.41, 5.74) is 4.14. The van der Waals surface area contributed by atoms with E-state index >= 15 is 0 Å². The Balaban J connectivity index is 1.16. The number of H-pyrrole nitrogens is 1. The Kier molecular flexibility index (Phi) is 5.27. The molecular weight excluding hydrogens is 429 g/mol. The van der Waals surface area contributed by atoms with Crippen LogP contribution in [0.4, 0.5) is 4.39 Å². The molecule has 2 fully saturated rings. The van der Waals surface area contributed by atoms with Gasteiger partial charge in [0.1, 0.15) is 17.3 Å². The number of carbonyl (C=O) groups is 1. The number of hydrogen-bond donors (Lipinski definition) is 2. The average Bonchev–Trinajstić information content (AvgIpc) is 3.57. The summed E-state index contributed by atoms with van der Waals surface area (Å²) in [6.07, 6.45) is 9.97. The molecule has 1 aromatic carbocycles. The third-order valence-electron chi connectivity index (χ3n) is 7.62. The maximum absolute atomic E-state index is 13.9. The number of pyridine rings is 2. The van der Waals surface area contributed by atoms with Crippen molar-refractivity contribution >= 4 is 27.8 Å². The molecule has 6 rings (SSSR count). The second kappa shape index (κ2) is 8.46. The minimum Gasteiger partial charge on any atom is -0.348 e. The molecule has 2 N–H and O–H groups in total. The van der Waals surface area contributed by atoms with Crippen molar-refractivity contribution in [2.45, 2.75) is 63.3 Å². The van der Waals surface area contributed by atoms with Gasteiger partial charge in [-0.05, 0) is 86.3 Å². The molecule has 1 unspecified atom stereocenters. The summed E-state index contributed by atoms with van der Waals surface area (Å²) >= 11 is 0. The Morgan fingerprint density at radius 3 is 2.68 bits per heavy atom. The lowest BCUT2D eigenvalue weighted by Gasteiger charge is -2.32. The largest absolute Gasteiger partial charge is 0.348 e. The van der Waals surface area contributed by atoms with Gasteiger partial charge in [-0.25, -0.2) is 14.4 Å². The molecule has 2 saturated carbocycles. The lowest BCUT2D eigenvalue weighted by Crippen LogP contribution is -2.26. The number of fused-ring (bicyclic) bond motifs is 2. The van der Waals surface area contributed by atoms with Crippen molar-refractivity contribution in [1.82, 2.24) is 25.3 Å². The zero-order chi connectivity index (χ0) is 23.2. The number of nitrogens with one attached hydrogen (secondary N) is 2. The fourth-order valence-electron chi connectivity index (χ4n) is 5.41. The number of carbonyl (C=O) groups excluding carboxylic acids is 1. The van der Waals surface area contributed by atoms with Gasteiger partial charge in [0.05, 0.1) is 22.7 Å². The van der Waals surface area contributed by atoms with Crippen LogP contribution in [0.15, 0.2) is 42.7 Å². The molecule has 2 aliphatic rings. The number of halogens is 1. The SMILES string of the molecule is CC(c1nc2cc(C(=O)NC3CC3)ncc2[nH]1)C1CCC(c2ccnc3ccc(F)cc23)CC1. The summed E-state index contributed by atoms with van der Waals surface area (Å²) in [7, 11) is 0. The first-order valence-electron chi connectivity index (χ1n) is 12.3. The van der Waals surface area contributed by atoms with E-state index in [4.69, 9.17) is 4.98 Å². The van der Waals surface area contributed by atoms with E-state index in [-0.39, 0.29) is 17.6 Å². The number of amides is 1. The quantitative estimate of drug-likeness (QED) is 0.408. The molecule has 0 radical (unpaired) electrons. The molecule has 2 aliphatic carbocycles. The predicted molar refractivity (Wildman–Crippen MR) is 129 cm³/mol. The molecule has 0 aliphatic heterocycles. The second-order valence-electron chi connectivity index (χ2n) is 9.92. The van der Waals surface area contributed by atoms with Gasteiger partial charge < -0.3 is 10.3 Å². The van der Waals surface area contributed by atoms with E-state index in [2.05, 4.69) is 33.3 Å². The molecule has 0 spiro atoms. The van der Waals surface area contributed by atoms with Crippen LogP contribution >= 0.6 is 0 Å². The number of aromatic nitrogens is 4. The van der Waals surface area contributed by atoms with Crippen molar-refractivity contribution in [3.63, 3.8) is 0 Å². The van der Waals surface area contributed by atoms with Crippen LogP contribution in [0.1, 0.15) is 79.2 Å². The Labute approximate surface area is 197 Å². The minimum absolute atomic E-state index is 0.121. The molecule has 0 bridgehead atoms. The number of aromatic amines is 1. The van der Waals surface area contributed by atoms with E-state index < -0.39 is 0 Å². The number of nitrogens with zero attached hydrogens (tertiary/aromatic N) is 3. The van der Waals surface area contributed by atoms with Gasteiger partial charge in [-0.15, -0.1) is 0 Å². The average molecular weight is 458 g/mol. The highest BCUT2D eigenvalue weighted by atomic mass is 19.1. The minimum atomic E-state index is -0.211. The van der Waals surface area contributed by atoms with Crippen molar-refractivity contribution < 1.29 is 9.18 Å². The van der Waals surface area contributed by atoms with Gasteiger partial charge in [-0.3, -0.25) is 9.78 Å². The van der Waals surface area contributed by atoms with E-state index in [0.29, 0.717) is 23.6 Å². The summed E-state index contributed by atoms with van der Waals surface area (Å²) < 4.78 is 13.9. The Bertz CT molecular complexity index is 1370. The predicted octanol–water partition coefficient (Wildman–Crippen LogP) is 5.61. The van der Waals surface area contributed by atoms with E-state index in [1.165, 1.54) is 11.6 Å². The van der Waals surface area contributed by atoms with E-state index in [1.54, 1.807) is 24.4 Å². The zero-order valence-corrected chi connectivity index (χ0v) is 19.2. The van der Waals surface area contributed by atoms with Gasteiger partial charge in [-0.1, -0.05) is 6.92 Å². The third-order valence-corrected chi connectivity index (χ3v) is 7.62. The van der Waals surface area contributed by atoms with Crippen molar-refractivity contribution in [1.29, 1.82) is 0 Å². The summed E-state index contributed by atoms with van der Waals surface area (Å²) in [6.45, 7) is 2.23. The fourth-order valence-corrected chi connectivity index (χ4v) is 5.41. The number of benzene rings is 1. The molecule has 7 heteroatoms. The molecule has 1 amide bonds. The lowest BCUT2D eigenvalue weighted by atomic mass is 9.73. The van der Waals surface area contributed by atoms with E-state index in [1.807, 2.05) is 6.20 Å². The molecule has 3 aromatic heterocycles. The van der Waals surface area contributed by atoms with Crippen molar-refractivity contribution in [3.8, 4) is 0 Å². The van der Waals surface area contributed by atoms with Gasteiger partial charge in [0.25, 0.3) is 5.91 Å². The monoisotopic (exact) mass is 457 g/mol. The maximum atomic E-state index is 13.9. The van der Waals surface area contributed by atoms with Crippen LogP contribution < -0.4 is 5.32 Å². The van der Waals surface area contributed by atoms with E-state index in [9.17, 15) is 9.18 Å². The standard InChI is InChI=1S/C27H28FN5O/c1-15(26-32-23-13-24(30-14-25(23)33-26)27(34)31-19-7-8-19)16-2-4-17(5-3-16)20-10-11-29-22-9-6-18(28)12-21(20)22/h6,9-17,19H,2-5,7-8H2,1H3,(H,31,34)(H,32,33). The molecule has 174 valence electrons. The molecule has 0 saturated heterocycles. The fraction of sp³-hybridized carbons (Fsp3) is 0.407. The summed E-state index contributed by atoms with van der Waals surface area (Å²) in [6, 6.07) is 9.00. The van der Waals surface area contributed by atoms with Crippen molar-refractivity contribution in [3.05, 3.63) is 65.6 Å². The van der Waals surface area contributed by atoms with Crippen LogP contribution in [0.25, 0.3) is 21.9 Å². The first-order valence-corrected chi connectivity index (χ1v) is 12.3. The molecule has 1 atom stereocenters. The topological polar surface area (TPSA) is 83.6 Å². The first kappa shape index (κ1) is 21.2. The van der Waals surface area contributed by atoms with Crippen LogP contribution in [-0.2, 0) is 0 Å². The van der Waals surface area contributed by atoms with Crippen LogP contribution in [0, 0.1) is 11.7 Å². The van der Waals surface area contributed by atoms with Gasteiger partial charge >= 0.3 is 0 Å². The highest BCUT2D eigenvalue weighted by Crippen LogP contribution is 2.43. The molecule has 3 heterocycles. The van der Waals surface area contributed by atoms with Crippen LogP contribution in [-0.4, -0.2) is 31.9 Å². The lowest BCUT2D eigenvalue weighted by molar-refractivity contribution is 0.0946. The molecule has 34 heavy (non-hydrogen) atoms. The van der Waals surface area contributed by atoms with Crippen LogP contribution in [0.2, 0.25) is 0 Å². The van der Waals surface area contributed by atoms with Gasteiger partial charge in [-0.2, -0.15) is 0 Å². The van der Waals surface area contributed by atoms with Crippen molar-refractivity contribution in [2.24, 2.45) is 5.92 Å². The van der Waals surface area contributed by atoms with Gasteiger partial charge in [0.15, 0.2) is 0 Å². The van der Waals surface area contributed by atoms with Crippen LogP contribution in [0.3, 0.4) is 0 Å². The van der Waals surface area contributed by atoms with E-state index in [0.717, 1.165) is 66.3 Å². The zero-order valence-electron chi connectivity index (χ0n) is 19.2. The summed E-state index contributed by atoms with van der Waals surface area (Å²) in [5, 5.41) is 3.92. The molecule has 6 nitrogen and oxygen atoms in total. The molecule has 4 aromatic rings. The maximum Gasteiger partial charge on any atom is 0.270 e. The summed E-state index contributed by atoms with van der Waals surface area (Å²) in [5.74, 6) is 1.84. The first-order chi connectivity index (χ1) is 16.5.